The van der Waals surface area contributed by atoms with E-state index in [0.717, 1.165) is 11.1 Å². The van der Waals surface area contributed by atoms with Gasteiger partial charge in [-0.25, -0.2) is 4.79 Å². The molecule has 1 aromatic heterocycles. The van der Waals surface area contributed by atoms with Gasteiger partial charge in [0, 0.05) is 17.6 Å². The fourth-order valence-corrected chi connectivity index (χ4v) is 1.41. The van der Waals surface area contributed by atoms with Gasteiger partial charge in [0.2, 0.25) is 0 Å². The Morgan fingerprint density at radius 1 is 1.62 bits per heavy atom. The van der Waals surface area contributed by atoms with E-state index in [9.17, 15) is 4.79 Å². The molecule has 1 atom stereocenters. The molecule has 3 heteroatoms. The number of carbonyl (C=O) groups is 1. The highest BCUT2D eigenvalue weighted by atomic mass is 16.5. The molecule has 1 unspecified atom stereocenters. The summed E-state index contributed by atoms with van der Waals surface area (Å²) in [6.45, 7) is 1.84. The van der Waals surface area contributed by atoms with Gasteiger partial charge in [0.05, 0.1) is 12.5 Å². The smallest absolute Gasteiger partial charge is 0.334 e. The zero-order chi connectivity index (χ0) is 9.26. The maximum Gasteiger partial charge on any atom is 0.334 e. The average molecular weight is 178 g/mol. The second-order valence-corrected chi connectivity index (χ2v) is 2.97. The van der Waals surface area contributed by atoms with Gasteiger partial charge in [-0.2, -0.15) is 0 Å². The lowest BCUT2D eigenvalue weighted by atomic mass is 10.1. The maximum atomic E-state index is 11.2. The first kappa shape index (κ1) is 8.10. The van der Waals surface area contributed by atoms with E-state index in [1.54, 1.807) is 18.6 Å². The number of ether oxygens (including phenoxy) is 1. The molecule has 1 aliphatic rings. The molecular weight excluding hydrogens is 168 g/mol. The van der Waals surface area contributed by atoms with Crippen molar-refractivity contribution in [3.63, 3.8) is 0 Å². The zero-order valence-corrected chi connectivity index (χ0v) is 7.32. The summed E-state index contributed by atoms with van der Waals surface area (Å²) in [7, 11) is 0. The lowest BCUT2D eigenvalue weighted by Crippen LogP contribution is -1.97. The largest absolute Gasteiger partial charge is 0.472 e. The molecule has 0 radical (unpaired) electrons. The van der Waals surface area contributed by atoms with Gasteiger partial charge in [-0.3, -0.25) is 0 Å². The van der Waals surface area contributed by atoms with Crippen molar-refractivity contribution >= 4 is 5.97 Å². The Morgan fingerprint density at radius 2 is 2.46 bits per heavy atom. The molecular formula is C10H10O3. The molecule has 1 aliphatic heterocycles. The Bertz CT molecular complexity index is 335. The Labute approximate surface area is 76.0 Å². The van der Waals surface area contributed by atoms with E-state index in [1.807, 2.05) is 13.0 Å². The number of furan rings is 1. The van der Waals surface area contributed by atoms with Crippen molar-refractivity contribution in [3.05, 3.63) is 35.8 Å². The third-order valence-corrected chi connectivity index (χ3v) is 2.18. The second kappa shape index (κ2) is 3.09. The highest BCUT2D eigenvalue weighted by Crippen LogP contribution is 2.32. The van der Waals surface area contributed by atoms with Crippen LogP contribution >= 0.6 is 0 Å². The van der Waals surface area contributed by atoms with Crippen molar-refractivity contribution in [2.45, 2.75) is 19.4 Å². The molecule has 2 rings (SSSR count). The quantitative estimate of drug-likeness (QED) is 0.489. The number of rotatable bonds is 1. The molecule has 0 amide bonds. The average Bonchev–Trinajstić information content (AvgIpc) is 2.71. The summed E-state index contributed by atoms with van der Waals surface area (Å²) in [4.78, 5) is 11.2. The highest BCUT2D eigenvalue weighted by molar-refractivity contribution is 5.90. The van der Waals surface area contributed by atoms with Gasteiger partial charge < -0.3 is 9.15 Å². The van der Waals surface area contributed by atoms with Gasteiger partial charge in [-0.1, -0.05) is 6.08 Å². The molecule has 0 saturated carbocycles. The van der Waals surface area contributed by atoms with Crippen LogP contribution in [-0.2, 0) is 9.53 Å². The summed E-state index contributed by atoms with van der Waals surface area (Å²) in [5, 5.41) is 0. The van der Waals surface area contributed by atoms with Gasteiger partial charge in [0.1, 0.15) is 6.10 Å². The second-order valence-electron chi connectivity index (χ2n) is 2.97. The summed E-state index contributed by atoms with van der Waals surface area (Å²) in [5.74, 6) is -0.214. The molecule has 3 nitrogen and oxygen atoms in total. The number of carbonyl (C=O) groups excluding carboxylic acids is 1. The van der Waals surface area contributed by atoms with Gasteiger partial charge in [-0.05, 0) is 13.0 Å². The predicted octanol–water partition coefficient (Wildman–Crippen LogP) is 2.21. The normalized spacial score (nSPS) is 25.2. The SMILES string of the molecule is C/C=C1/CC(c2ccoc2)OC1=O. The van der Waals surface area contributed by atoms with E-state index < -0.39 is 0 Å². The fraction of sp³-hybridized carbons (Fsp3) is 0.300. The molecule has 0 bridgehead atoms. The lowest BCUT2D eigenvalue weighted by Gasteiger charge is -2.03. The van der Waals surface area contributed by atoms with Gasteiger partial charge in [-0.15, -0.1) is 0 Å². The third-order valence-electron chi connectivity index (χ3n) is 2.18. The molecule has 1 aromatic rings. The number of hydrogen-bond donors (Lipinski definition) is 0. The first-order valence-electron chi connectivity index (χ1n) is 4.19. The first-order chi connectivity index (χ1) is 6.31. The minimum absolute atomic E-state index is 0.155. The number of esters is 1. The third kappa shape index (κ3) is 1.37. The minimum atomic E-state index is -0.214. The molecule has 1 saturated heterocycles. The number of allylic oxidation sites excluding steroid dienone is 1. The monoisotopic (exact) mass is 178 g/mol. The van der Waals surface area contributed by atoms with E-state index in [2.05, 4.69) is 0 Å². The molecule has 0 aromatic carbocycles. The Kier molecular flexibility index (Phi) is 1.93. The van der Waals surface area contributed by atoms with Crippen LogP contribution in [0.25, 0.3) is 0 Å². The van der Waals surface area contributed by atoms with Gasteiger partial charge >= 0.3 is 5.97 Å². The molecule has 68 valence electrons. The Morgan fingerprint density at radius 3 is 3.00 bits per heavy atom. The molecule has 0 N–H and O–H groups in total. The van der Waals surface area contributed by atoms with E-state index in [4.69, 9.17) is 9.15 Å². The molecule has 0 spiro atoms. The molecule has 13 heavy (non-hydrogen) atoms. The van der Waals surface area contributed by atoms with Crippen LogP contribution in [0.4, 0.5) is 0 Å². The zero-order valence-electron chi connectivity index (χ0n) is 7.32. The maximum absolute atomic E-state index is 11.2. The minimum Gasteiger partial charge on any atom is -0.472 e. The first-order valence-corrected chi connectivity index (χ1v) is 4.19. The van der Waals surface area contributed by atoms with Crippen molar-refractivity contribution in [1.29, 1.82) is 0 Å². The van der Waals surface area contributed by atoms with Crippen LogP contribution in [0.5, 0.6) is 0 Å². The summed E-state index contributed by atoms with van der Waals surface area (Å²) in [5.41, 5.74) is 1.66. The topological polar surface area (TPSA) is 39.4 Å². The number of cyclic esters (lactones) is 1. The van der Waals surface area contributed by atoms with Crippen LogP contribution in [0.3, 0.4) is 0 Å². The summed E-state index contributed by atoms with van der Waals surface area (Å²) in [6, 6.07) is 1.82. The Balaban J connectivity index is 2.19. The van der Waals surface area contributed by atoms with Crippen LogP contribution in [0.2, 0.25) is 0 Å². The predicted molar refractivity (Wildman–Crippen MR) is 45.9 cm³/mol. The van der Waals surface area contributed by atoms with Crippen molar-refractivity contribution in [1.82, 2.24) is 0 Å². The van der Waals surface area contributed by atoms with Crippen LogP contribution in [-0.4, -0.2) is 5.97 Å². The standard InChI is InChI=1S/C10H10O3/c1-2-7-5-9(13-10(7)11)8-3-4-12-6-8/h2-4,6,9H,5H2,1H3/b7-2-. The summed E-state index contributed by atoms with van der Waals surface area (Å²) < 4.78 is 10.1. The number of hydrogen-bond acceptors (Lipinski definition) is 3. The fourth-order valence-electron chi connectivity index (χ4n) is 1.41. The molecule has 2 heterocycles. The van der Waals surface area contributed by atoms with Crippen LogP contribution in [0.15, 0.2) is 34.7 Å². The van der Waals surface area contributed by atoms with Crippen molar-refractivity contribution in [2.24, 2.45) is 0 Å². The van der Waals surface area contributed by atoms with Crippen molar-refractivity contribution in [2.75, 3.05) is 0 Å². The van der Waals surface area contributed by atoms with E-state index in [1.165, 1.54) is 0 Å². The van der Waals surface area contributed by atoms with Crippen molar-refractivity contribution < 1.29 is 13.9 Å². The summed E-state index contributed by atoms with van der Waals surface area (Å²) in [6.07, 6.45) is 5.47. The van der Waals surface area contributed by atoms with Crippen molar-refractivity contribution in [3.8, 4) is 0 Å². The molecule has 1 fully saturated rings. The Hall–Kier alpha value is -1.51. The van der Waals surface area contributed by atoms with Gasteiger partial charge in [0.15, 0.2) is 0 Å². The van der Waals surface area contributed by atoms with E-state index in [0.29, 0.717) is 6.42 Å². The van der Waals surface area contributed by atoms with Crippen LogP contribution < -0.4 is 0 Å². The summed E-state index contributed by atoms with van der Waals surface area (Å²) >= 11 is 0. The lowest BCUT2D eigenvalue weighted by molar-refractivity contribution is -0.139. The van der Waals surface area contributed by atoms with E-state index >= 15 is 0 Å². The van der Waals surface area contributed by atoms with E-state index in [-0.39, 0.29) is 12.1 Å². The van der Waals surface area contributed by atoms with Crippen LogP contribution in [0, 0.1) is 0 Å². The van der Waals surface area contributed by atoms with Gasteiger partial charge in [0.25, 0.3) is 0 Å². The highest BCUT2D eigenvalue weighted by Gasteiger charge is 2.29. The van der Waals surface area contributed by atoms with Crippen LogP contribution in [0.1, 0.15) is 25.0 Å². The molecule has 0 aliphatic carbocycles.